The first kappa shape index (κ1) is 29.2. The van der Waals surface area contributed by atoms with Crippen LogP contribution in [0.4, 0.5) is 13.2 Å². The number of aromatic nitrogens is 1. The largest absolute Gasteiger partial charge is 0.497 e. The molecular weight excluding hydrogens is 571 g/mol. The molecular formula is C30H28F3N3O5S. The Morgan fingerprint density at radius 1 is 0.976 bits per heavy atom. The van der Waals surface area contributed by atoms with Crippen LogP contribution in [0, 0.1) is 0 Å². The Labute approximate surface area is 244 Å². The number of benzene rings is 3. The molecule has 3 aromatic carbocycles. The molecule has 0 saturated carbocycles. The first-order valence-electron chi connectivity index (χ1n) is 12.9. The first-order chi connectivity index (χ1) is 20.2. The van der Waals surface area contributed by atoms with Crippen molar-refractivity contribution in [2.45, 2.75) is 32.4 Å². The van der Waals surface area contributed by atoms with Crippen molar-refractivity contribution < 1.29 is 36.9 Å². The molecule has 0 fully saturated rings. The maximum Gasteiger partial charge on any atom is 0.416 e. The van der Waals surface area contributed by atoms with Crippen molar-refractivity contribution >= 4 is 17.2 Å². The maximum absolute atomic E-state index is 13.4. The van der Waals surface area contributed by atoms with Gasteiger partial charge in [0.25, 0.3) is 5.91 Å². The molecule has 0 spiro atoms. The van der Waals surface area contributed by atoms with E-state index in [-0.39, 0.29) is 31.5 Å². The van der Waals surface area contributed by atoms with Gasteiger partial charge < -0.3 is 24.3 Å². The summed E-state index contributed by atoms with van der Waals surface area (Å²) in [5.41, 5.74) is 1.72. The second-order valence-corrected chi connectivity index (χ2v) is 10.5. The van der Waals surface area contributed by atoms with Crippen molar-refractivity contribution in [3.05, 3.63) is 99.0 Å². The zero-order chi connectivity index (χ0) is 29.7. The van der Waals surface area contributed by atoms with E-state index >= 15 is 0 Å². The summed E-state index contributed by atoms with van der Waals surface area (Å²) in [5, 5.41) is 5.17. The summed E-state index contributed by atoms with van der Waals surface area (Å²) in [6.07, 6.45) is -4.45. The van der Waals surface area contributed by atoms with E-state index in [0.717, 1.165) is 23.3 Å². The highest BCUT2D eigenvalue weighted by atomic mass is 32.1. The molecule has 4 aromatic rings. The molecule has 1 aromatic heterocycles. The van der Waals surface area contributed by atoms with Crippen molar-refractivity contribution in [1.29, 1.82) is 0 Å². The lowest BCUT2D eigenvalue weighted by atomic mass is 10.1. The van der Waals surface area contributed by atoms with E-state index < -0.39 is 11.7 Å². The Morgan fingerprint density at radius 2 is 1.81 bits per heavy atom. The fraction of sp³-hybridized carbons (Fsp3) is 0.267. The lowest BCUT2D eigenvalue weighted by Crippen LogP contribution is -2.24. The van der Waals surface area contributed by atoms with Gasteiger partial charge in [-0.1, -0.05) is 30.3 Å². The number of hydrogen-bond acceptors (Lipinski definition) is 8. The van der Waals surface area contributed by atoms with E-state index in [1.807, 2.05) is 23.1 Å². The van der Waals surface area contributed by atoms with Crippen LogP contribution in [0.25, 0.3) is 0 Å². The predicted octanol–water partition coefficient (Wildman–Crippen LogP) is 6.04. The second-order valence-electron chi connectivity index (χ2n) is 9.52. The minimum Gasteiger partial charge on any atom is -0.497 e. The molecule has 0 saturated heterocycles. The molecule has 1 aliphatic rings. The summed E-state index contributed by atoms with van der Waals surface area (Å²) in [4.78, 5) is 19.3. The minimum atomic E-state index is -4.45. The highest BCUT2D eigenvalue weighted by Gasteiger charge is 2.30. The number of amides is 1. The van der Waals surface area contributed by atoms with Gasteiger partial charge in [0.2, 0.25) is 6.79 Å². The van der Waals surface area contributed by atoms with Crippen molar-refractivity contribution in [2.75, 3.05) is 21.0 Å². The average molecular weight is 600 g/mol. The smallest absolute Gasteiger partial charge is 0.416 e. The molecule has 8 nitrogen and oxygen atoms in total. The number of methoxy groups -OCH3 is 2. The monoisotopic (exact) mass is 599 g/mol. The van der Waals surface area contributed by atoms with E-state index in [1.54, 1.807) is 43.9 Å². The van der Waals surface area contributed by atoms with Gasteiger partial charge in [0.1, 0.15) is 22.2 Å². The zero-order valence-electron chi connectivity index (χ0n) is 22.9. The van der Waals surface area contributed by atoms with Crippen LogP contribution in [0.15, 0.2) is 66.0 Å². The zero-order valence-corrected chi connectivity index (χ0v) is 23.7. The molecule has 220 valence electrons. The van der Waals surface area contributed by atoms with E-state index in [2.05, 4.69) is 10.3 Å². The predicted molar refractivity (Wildman–Crippen MR) is 150 cm³/mol. The second kappa shape index (κ2) is 12.7. The van der Waals surface area contributed by atoms with E-state index in [4.69, 9.17) is 18.9 Å². The van der Waals surface area contributed by atoms with Gasteiger partial charge in [-0.2, -0.15) is 13.2 Å². The summed E-state index contributed by atoms with van der Waals surface area (Å²) in [5.74, 6) is 2.17. The third-order valence-corrected chi connectivity index (χ3v) is 7.42. The lowest BCUT2D eigenvalue weighted by Gasteiger charge is -2.23. The lowest BCUT2D eigenvalue weighted by molar-refractivity contribution is -0.137. The number of rotatable bonds is 11. The first-order valence-corrected chi connectivity index (χ1v) is 13.8. The number of carbonyl (C=O) groups excluding carboxylic acids is 1. The summed E-state index contributed by atoms with van der Waals surface area (Å²) < 4.78 is 61.7. The van der Waals surface area contributed by atoms with Gasteiger partial charge in [-0.25, -0.2) is 4.98 Å². The summed E-state index contributed by atoms with van der Waals surface area (Å²) in [6, 6.07) is 16.1. The van der Waals surface area contributed by atoms with E-state index in [0.29, 0.717) is 46.7 Å². The number of nitrogens with one attached hydrogen (secondary N) is 1. The fourth-order valence-corrected chi connectivity index (χ4v) is 5.31. The molecule has 1 aliphatic heterocycles. The van der Waals surface area contributed by atoms with Gasteiger partial charge in [0.15, 0.2) is 11.5 Å². The SMILES string of the molecule is COc1ccc(CN(Cc2cccc(C(F)(F)F)c2)Cc2nc(C(=O)NCc3ccc4c(c3)OCO4)cs2)c(OC)c1. The average Bonchev–Trinajstić information content (AvgIpc) is 3.65. The Hall–Kier alpha value is -4.29. The summed E-state index contributed by atoms with van der Waals surface area (Å²) >= 11 is 1.31. The molecule has 1 amide bonds. The van der Waals surface area contributed by atoms with Crippen LogP contribution in [0.3, 0.4) is 0 Å². The number of thiazole rings is 1. The number of alkyl halides is 3. The van der Waals surface area contributed by atoms with E-state index in [1.165, 1.54) is 17.4 Å². The van der Waals surface area contributed by atoms with Gasteiger partial charge in [0, 0.05) is 36.6 Å². The molecule has 0 aliphatic carbocycles. The topological polar surface area (TPSA) is 82.2 Å². The summed E-state index contributed by atoms with van der Waals surface area (Å²) in [7, 11) is 3.10. The van der Waals surface area contributed by atoms with Crippen molar-refractivity contribution in [2.24, 2.45) is 0 Å². The molecule has 1 N–H and O–H groups in total. The van der Waals surface area contributed by atoms with Crippen molar-refractivity contribution in [1.82, 2.24) is 15.2 Å². The van der Waals surface area contributed by atoms with Crippen molar-refractivity contribution in [3.8, 4) is 23.0 Å². The number of halogens is 3. The molecule has 0 unspecified atom stereocenters. The molecule has 5 rings (SSSR count). The molecule has 0 radical (unpaired) electrons. The Bertz CT molecular complexity index is 1560. The Kier molecular flexibility index (Phi) is 8.83. The highest BCUT2D eigenvalue weighted by Crippen LogP contribution is 2.33. The molecule has 0 atom stereocenters. The molecule has 2 heterocycles. The standard InChI is InChI=1S/C30H28F3N3O5S/c1-38-23-8-7-21(26(12-23)39-2)15-36(14-20-4-3-5-22(10-20)30(31,32)33)16-28-35-24(17-42-28)29(37)34-13-19-6-9-25-27(11-19)41-18-40-25/h3-12,17H,13-16,18H2,1-2H3,(H,34,37). The third-order valence-electron chi connectivity index (χ3n) is 6.58. The summed E-state index contributed by atoms with van der Waals surface area (Å²) in [6.45, 7) is 1.31. The highest BCUT2D eigenvalue weighted by molar-refractivity contribution is 7.09. The number of fused-ring (bicyclic) bond motifs is 1. The fourth-order valence-electron chi connectivity index (χ4n) is 4.50. The quantitative estimate of drug-likeness (QED) is 0.225. The van der Waals surface area contributed by atoms with Crippen LogP contribution in [0.1, 0.15) is 37.7 Å². The Morgan fingerprint density at radius 3 is 2.60 bits per heavy atom. The van der Waals surface area contributed by atoms with Gasteiger partial charge in [-0.3, -0.25) is 9.69 Å². The number of ether oxygens (including phenoxy) is 4. The third kappa shape index (κ3) is 7.12. The molecule has 12 heteroatoms. The van der Waals surface area contributed by atoms with E-state index in [9.17, 15) is 18.0 Å². The normalized spacial score (nSPS) is 12.4. The van der Waals surface area contributed by atoms with Crippen molar-refractivity contribution in [3.63, 3.8) is 0 Å². The van der Waals surface area contributed by atoms with Gasteiger partial charge in [-0.05, 0) is 35.4 Å². The van der Waals surface area contributed by atoms with Gasteiger partial charge in [-0.15, -0.1) is 11.3 Å². The van der Waals surface area contributed by atoms with Crippen LogP contribution in [0.5, 0.6) is 23.0 Å². The maximum atomic E-state index is 13.4. The van der Waals surface area contributed by atoms with Gasteiger partial charge >= 0.3 is 6.18 Å². The van der Waals surface area contributed by atoms with Crippen LogP contribution >= 0.6 is 11.3 Å². The van der Waals surface area contributed by atoms with Crippen LogP contribution in [-0.4, -0.2) is 36.8 Å². The van der Waals surface area contributed by atoms with Crippen LogP contribution < -0.4 is 24.3 Å². The minimum absolute atomic E-state index is 0.169. The Balaban J connectivity index is 1.31. The number of hydrogen-bond donors (Lipinski definition) is 1. The molecule has 42 heavy (non-hydrogen) atoms. The van der Waals surface area contributed by atoms with Gasteiger partial charge in [0.05, 0.1) is 26.3 Å². The number of carbonyl (C=O) groups is 1. The number of nitrogens with zero attached hydrogens (tertiary/aromatic N) is 2. The van der Waals surface area contributed by atoms with Crippen LogP contribution in [0.2, 0.25) is 0 Å². The molecule has 0 bridgehead atoms. The van der Waals surface area contributed by atoms with Crippen LogP contribution in [-0.2, 0) is 32.4 Å².